The molecule has 0 bridgehead atoms. The molecule has 3 rings (SSSR count). The van der Waals surface area contributed by atoms with Crippen molar-refractivity contribution < 1.29 is 9.59 Å². The molecule has 1 N–H and O–H groups in total. The van der Waals surface area contributed by atoms with Gasteiger partial charge in [0.25, 0.3) is 0 Å². The van der Waals surface area contributed by atoms with Gasteiger partial charge in [0, 0.05) is 34.9 Å². The minimum absolute atomic E-state index is 0.0218. The van der Waals surface area contributed by atoms with E-state index < -0.39 is 6.04 Å². The average Bonchev–Trinajstić information content (AvgIpc) is 2.87. The van der Waals surface area contributed by atoms with E-state index in [0.717, 1.165) is 27.6 Å². The van der Waals surface area contributed by atoms with Crippen LogP contribution in [0.15, 0.2) is 83.3 Å². The summed E-state index contributed by atoms with van der Waals surface area (Å²) in [5.74, 6) is -0.209. The summed E-state index contributed by atoms with van der Waals surface area (Å²) in [5, 5.41) is 3.75. The summed E-state index contributed by atoms with van der Waals surface area (Å²) in [6.07, 6.45) is 2.04. The van der Waals surface area contributed by atoms with Crippen LogP contribution in [0.1, 0.15) is 43.4 Å². The Morgan fingerprint density at radius 3 is 2.26 bits per heavy atom. The highest BCUT2D eigenvalue weighted by Gasteiger charge is 2.30. The van der Waals surface area contributed by atoms with Crippen molar-refractivity contribution in [3.63, 3.8) is 0 Å². The summed E-state index contributed by atoms with van der Waals surface area (Å²) in [7, 11) is 0. The molecule has 0 aromatic heterocycles. The fourth-order valence-corrected chi connectivity index (χ4v) is 4.36. The second kappa shape index (κ2) is 13.5. The molecule has 0 unspecified atom stereocenters. The van der Waals surface area contributed by atoms with Crippen LogP contribution in [-0.4, -0.2) is 28.8 Å². The van der Waals surface area contributed by atoms with E-state index in [1.165, 1.54) is 0 Å². The molecule has 2 amide bonds. The molecule has 0 aliphatic heterocycles. The van der Waals surface area contributed by atoms with Crippen LogP contribution in [0.3, 0.4) is 0 Å². The van der Waals surface area contributed by atoms with Gasteiger partial charge in [-0.3, -0.25) is 9.59 Å². The van der Waals surface area contributed by atoms with Gasteiger partial charge in [-0.1, -0.05) is 95.1 Å². The monoisotopic (exact) mass is 554 g/mol. The number of benzene rings is 3. The molecule has 0 saturated carbocycles. The molecule has 3 aromatic carbocycles. The van der Waals surface area contributed by atoms with Crippen LogP contribution >= 0.6 is 27.5 Å². The largest absolute Gasteiger partial charge is 0.352 e. The van der Waals surface area contributed by atoms with Crippen LogP contribution in [0.25, 0.3) is 0 Å². The average molecular weight is 556 g/mol. The SMILES string of the molecule is CC[C@@H](C)NC(=O)[C@@H](Cc1ccccc1)N(Cc1ccc(Br)cc1)C(=O)CCc1ccccc1Cl. The minimum atomic E-state index is -0.631. The van der Waals surface area contributed by atoms with Crippen molar-refractivity contribution in [3.05, 3.63) is 105 Å². The van der Waals surface area contributed by atoms with Crippen LogP contribution in [0.4, 0.5) is 0 Å². The molecule has 0 spiro atoms. The fourth-order valence-electron chi connectivity index (χ4n) is 3.87. The van der Waals surface area contributed by atoms with Crippen molar-refractivity contribution in [2.75, 3.05) is 0 Å². The molecule has 0 heterocycles. The van der Waals surface area contributed by atoms with E-state index in [0.29, 0.717) is 24.4 Å². The van der Waals surface area contributed by atoms with Crippen molar-refractivity contribution in [1.82, 2.24) is 10.2 Å². The Labute approximate surface area is 221 Å². The molecular weight excluding hydrogens is 524 g/mol. The lowest BCUT2D eigenvalue weighted by Gasteiger charge is -2.32. The molecule has 0 aliphatic rings. The number of carbonyl (C=O) groups is 2. The minimum Gasteiger partial charge on any atom is -0.352 e. The van der Waals surface area contributed by atoms with Gasteiger partial charge in [-0.2, -0.15) is 0 Å². The Balaban J connectivity index is 1.91. The smallest absolute Gasteiger partial charge is 0.243 e. The maximum atomic E-state index is 13.7. The lowest BCUT2D eigenvalue weighted by Crippen LogP contribution is -2.52. The highest BCUT2D eigenvalue weighted by molar-refractivity contribution is 9.10. The summed E-state index contributed by atoms with van der Waals surface area (Å²) < 4.78 is 0.966. The standard InChI is InChI=1S/C29H32BrClN2O2/c1-3-21(2)32-29(35)27(19-22-9-5-4-6-10-22)33(20-23-13-16-25(30)17-14-23)28(34)18-15-24-11-7-8-12-26(24)31/h4-14,16-17,21,27H,3,15,18-20H2,1-2H3,(H,32,35)/t21-,27-/m1/s1. The number of hydrogen-bond acceptors (Lipinski definition) is 2. The first kappa shape index (κ1) is 27.0. The van der Waals surface area contributed by atoms with Crippen LogP contribution < -0.4 is 5.32 Å². The van der Waals surface area contributed by atoms with Gasteiger partial charge in [-0.05, 0) is 54.7 Å². The van der Waals surface area contributed by atoms with E-state index in [1.54, 1.807) is 4.90 Å². The Morgan fingerprint density at radius 1 is 0.943 bits per heavy atom. The molecule has 184 valence electrons. The van der Waals surface area contributed by atoms with Gasteiger partial charge in [-0.25, -0.2) is 0 Å². The number of hydrogen-bond donors (Lipinski definition) is 1. The van der Waals surface area contributed by atoms with E-state index >= 15 is 0 Å². The number of halogens is 2. The molecule has 0 saturated heterocycles. The molecule has 4 nitrogen and oxygen atoms in total. The van der Waals surface area contributed by atoms with Crippen molar-refractivity contribution in [3.8, 4) is 0 Å². The first-order valence-electron chi connectivity index (χ1n) is 12.0. The maximum Gasteiger partial charge on any atom is 0.243 e. The first-order valence-corrected chi connectivity index (χ1v) is 13.2. The van der Waals surface area contributed by atoms with Crippen molar-refractivity contribution in [2.45, 2.75) is 58.2 Å². The van der Waals surface area contributed by atoms with Gasteiger partial charge in [0.2, 0.25) is 11.8 Å². The van der Waals surface area contributed by atoms with Crippen molar-refractivity contribution >= 4 is 39.3 Å². The molecule has 0 radical (unpaired) electrons. The van der Waals surface area contributed by atoms with Crippen LogP contribution in [0.2, 0.25) is 5.02 Å². The van der Waals surface area contributed by atoms with Gasteiger partial charge >= 0.3 is 0 Å². The summed E-state index contributed by atoms with van der Waals surface area (Å²) in [5.41, 5.74) is 2.90. The molecule has 35 heavy (non-hydrogen) atoms. The van der Waals surface area contributed by atoms with E-state index in [9.17, 15) is 9.59 Å². The fraction of sp³-hybridized carbons (Fsp3) is 0.310. The van der Waals surface area contributed by atoms with Gasteiger partial charge in [0.05, 0.1) is 0 Å². The third-order valence-corrected chi connectivity index (χ3v) is 7.00. The third kappa shape index (κ3) is 8.22. The van der Waals surface area contributed by atoms with Gasteiger partial charge in [-0.15, -0.1) is 0 Å². The van der Waals surface area contributed by atoms with Crippen molar-refractivity contribution in [2.24, 2.45) is 0 Å². The van der Waals surface area contributed by atoms with E-state index in [2.05, 4.69) is 21.2 Å². The quantitative estimate of drug-likeness (QED) is 0.290. The Hall–Kier alpha value is -2.63. The number of carbonyl (C=O) groups excluding carboxylic acids is 2. The number of aryl methyl sites for hydroxylation is 1. The number of nitrogens with zero attached hydrogens (tertiary/aromatic N) is 1. The summed E-state index contributed by atoms with van der Waals surface area (Å²) in [6, 6.07) is 24.7. The molecular formula is C29H32BrClN2O2. The Kier molecular flexibility index (Phi) is 10.4. The number of nitrogens with one attached hydrogen (secondary N) is 1. The number of rotatable bonds is 11. The summed E-state index contributed by atoms with van der Waals surface area (Å²) in [4.78, 5) is 28.9. The highest BCUT2D eigenvalue weighted by atomic mass is 79.9. The van der Waals surface area contributed by atoms with Gasteiger partial charge < -0.3 is 10.2 Å². The maximum absolute atomic E-state index is 13.7. The zero-order valence-electron chi connectivity index (χ0n) is 20.2. The second-order valence-corrected chi connectivity index (χ2v) is 10.1. The summed E-state index contributed by atoms with van der Waals surface area (Å²) >= 11 is 9.80. The molecule has 0 aliphatic carbocycles. The lowest BCUT2D eigenvalue weighted by molar-refractivity contribution is -0.141. The highest BCUT2D eigenvalue weighted by Crippen LogP contribution is 2.21. The Morgan fingerprint density at radius 2 is 1.60 bits per heavy atom. The molecule has 6 heteroatoms. The molecule has 2 atom stereocenters. The van der Waals surface area contributed by atoms with E-state index in [-0.39, 0.29) is 24.3 Å². The second-order valence-electron chi connectivity index (χ2n) is 8.76. The van der Waals surface area contributed by atoms with Gasteiger partial charge in [0.1, 0.15) is 6.04 Å². The van der Waals surface area contributed by atoms with E-state index in [4.69, 9.17) is 11.6 Å². The Bertz CT molecular complexity index is 1110. The predicted octanol–water partition coefficient (Wildman–Crippen LogP) is 6.59. The topological polar surface area (TPSA) is 49.4 Å². The van der Waals surface area contributed by atoms with Crippen molar-refractivity contribution in [1.29, 1.82) is 0 Å². The van der Waals surface area contributed by atoms with Crippen LogP contribution in [0, 0.1) is 0 Å². The number of amides is 2. The normalized spacial score (nSPS) is 12.6. The predicted molar refractivity (Wildman–Crippen MR) is 146 cm³/mol. The van der Waals surface area contributed by atoms with Gasteiger partial charge in [0.15, 0.2) is 0 Å². The molecule has 0 fully saturated rings. The summed E-state index contributed by atoms with van der Waals surface area (Å²) in [6.45, 7) is 4.36. The molecule has 3 aromatic rings. The van der Waals surface area contributed by atoms with Crippen LogP contribution in [0.5, 0.6) is 0 Å². The third-order valence-electron chi connectivity index (χ3n) is 6.10. The zero-order chi connectivity index (χ0) is 25.2. The lowest BCUT2D eigenvalue weighted by atomic mass is 10.0. The van der Waals surface area contributed by atoms with Crippen LogP contribution in [-0.2, 0) is 29.0 Å². The first-order chi connectivity index (χ1) is 16.9. The zero-order valence-corrected chi connectivity index (χ0v) is 22.6. The van der Waals surface area contributed by atoms with E-state index in [1.807, 2.05) is 92.7 Å².